The molecule has 248 valence electrons. The summed E-state index contributed by atoms with van der Waals surface area (Å²) in [5.41, 5.74) is 4.40. The number of halogens is 2. The van der Waals surface area contributed by atoms with Crippen LogP contribution in [0, 0.1) is 11.6 Å². The van der Waals surface area contributed by atoms with Gasteiger partial charge in [-0.1, -0.05) is 91.0 Å². The molecule has 4 aromatic carbocycles. The maximum atomic E-state index is 16.4. The van der Waals surface area contributed by atoms with Gasteiger partial charge in [-0.3, -0.25) is 19.3 Å². The molecule has 0 N–H and O–H groups in total. The minimum Gasteiger partial charge on any atom is -0.482 e. The van der Waals surface area contributed by atoms with Gasteiger partial charge in [-0.2, -0.15) is 0 Å². The molecule has 1 saturated heterocycles. The first-order valence-electron chi connectivity index (χ1n) is 16.4. The molecule has 4 heterocycles. The molecule has 1 amide bonds. The van der Waals surface area contributed by atoms with Gasteiger partial charge < -0.3 is 14.4 Å². The Labute approximate surface area is 290 Å². The zero-order valence-corrected chi connectivity index (χ0v) is 27.4. The number of pyridine rings is 1. The van der Waals surface area contributed by atoms with Crippen molar-refractivity contribution in [2.75, 3.05) is 24.8 Å². The van der Waals surface area contributed by atoms with Gasteiger partial charge in [-0.15, -0.1) is 11.3 Å². The number of ether oxygens (including phenoxy) is 2. The Hall–Kier alpha value is -5.58. The number of hydrogen-bond acceptors (Lipinski definition) is 6. The van der Waals surface area contributed by atoms with Crippen LogP contribution in [0.25, 0.3) is 32.0 Å². The third kappa shape index (κ3) is 4.78. The molecule has 0 bridgehead atoms. The molecule has 2 aliphatic heterocycles. The molecule has 2 atom stereocenters. The standard InChI is InChI=1S/C40H29F2N3O4S/c41-30-16-15-28-34(35(30)42)29-21-32(25-11-5-2-6-12-25)50-39(29)27-14-8-7-13-26(27)36(28)45-33-23-48-20-19-43(33)40(47)37-38(31(46)17-18-44(37)45)49-22-24-9-3-1-4-10-24/h1-18,21,33,36H,19-20,22-23H2. The van der Waals surface area contributed by atoms with Gasteiger partial charge in [0.2, 0.25) is 5.43 Å². The fourth-order valence-corrected chi connectivity index (χ4v) is 8.59. The van der Waals surface area contributed by atoms with E-state index in [9.17, 15) is 9.59 Å². The van der Waals surface area contributed by atoms with Crippen molar-refractivity contribution in [2.45, 2.75) is 18.8 Å². The summed E-state index contributed by atoms with van der Waals surface area (Å²) in [6.45, 7) is 0.824. The summed E-state index contributed by atoms with van der Waals surface area (Å²) in [6.07, 6.45) is 0.927. The van der Waals surface area contributed by atoms with Crippen molar-refractivity contribution in [2.24, 2.45) is 0 Å². The molecule has 3 aliphatic rings. The summed E-state index contributed by atoms with van der Waals surface area (Å²) in [5, 5.41) is 1.95. The normalized spacial score (nSPS) is 17.6. The average molecular weight is 686 g/mol. The number of amides is 1. The van der Waals surface area contributed by atoms with Crippen molar-refractivity contribution in [3.8, 4) is 37.8 Å². The quantitative estimate of drug-likeness (QED) is 0.187. The van der Waals surface area contributed by atoms with Crippen LogP contribution in [0.4, 0.5) is 8.78 Å². The van der Waals surface area contributed by atoms with Crippen molar-refractivity contribution in [1.82, 2.24) is 9.58 Å². The molecule has 1 aliphatic carbocycles. The fraction of sp³-hybridized carbons (Fsp3) is 0.150. The highest BCUT2D eigenvalue weighted by Crippen LogP contribution is 2.53. The molecule has 0 spiro atoms. The number of carbonyl (C=O) groups excluding carboxylic acids is 1. The van der Waals surface area contributed by atoms with Gasteiger partial charge in [-0.05, 0) is 39.9 Å². The molecule has 1 fully saturated rings. The van der Waals surface area contributed by atoms with E-state index in [0.717, 1.165) is 38.1 Å². The van der Waals surface area contributed by atoms with Crippen LogP contribution >= 0.6 is 11.3 Å². The highest BCUT2D eigenvalue weighted by molar-refractivity contribution is 7.19. The second kappa shape index (κ2) is 12.1. The lowest BCUT2D eigenvalue weighted by Crippen LogP contribution is -2.66. The van der Waals surface area contributed by atoms with Gasteiger partial charge in [0.15, 0.2) is 23.1 Å². The second-order valence-electron chi connectivity index (χ2n) is 12.4. The van der Waals surface area contributed by atoms with Crippen molar-refractivity contribution in [3.63, 3.8) is 0 Å². The van der Waals surface area contributed by atoms with Crippen molar-refractivity contribution in [1.29, 1.82) is 0 Å². The molecular weight excluding hydrogens is 657 g/mol. The predicted molar refractivity (Wildman–Crippen MR) is 188 cm³/mol. The van der Waals surface area contributed by atoms with Crippen molar-refractivity contribution < 1.29 is 23.0 Å². The Morgan fingerprint density at radius 3 is 2.42 bits per heavy atom. The summed E-state index contributed by atoms with van der Waals surface area (Å²) < 4.78 is 45.5. The smallest absolute Gasteiger partial charge is 0.278 e. The van der Waals surface area contributed by atoms with Gasteiger partial charge >= 0.3 is 0 Å². The number of morpholine rings is 1. The predicted octanol–water partition coefficient (Wildman–Crippen LogP) is 7.62. The monoisotopic (exact) mass is 685 g/mol. The van der Waals surface area contributed by atoms with E-state index >= 15 is 8.78 Å². The van der Waals surface area contributed by atoms with Crippen LogP contribution in [0.1, 0.15) is 33.2 Å². The number of carbonyl (C=O) groups is 1. The second-order valence-corrected chi connectivity index (χ2v) is 13.5. The van der Waals surface area contributed by atoms with E-state index in [1.807, 2.05) is 96.0 Å². The number of rotatable bonds is 5. The summed E-state index contributed by atoms with van der Waals surface area (Å²) >= 11 is 1.52. The number of hydrogen-bond donors (Lipinski definition) is 0. The number of thiophene rings is 1. The van der Waals surface area contributed by atoms with Crippen LogP contribution in [-0.2, 0) is 11.3 Å². The number of fused-ring (bicyclic) bond motifs is 7. The first-order valence-corrected chi connectivity index (χ1v) is 17.2. The van der Waals surface area contributed by atoms with Gasteiger partial charge in [0.05, 0.1) is 19.3 Å². The molecule has 0 radical (unpaired) electrons. The third-order valence-corrected chi connectivity index (χ3v) is 10.8. The highest BCUT2D eigenvalue weighted by Gasteiger charge is 2.47. The largest absolute Gasteiger partial charge is 0.482 e. The van der Waals surface area contributed by atoms with E-state index < -0.39 is 29.3 Å². The number of benzene rings is 4. The van der Waals surface area contributed by atoms with Crippen LogP contribution in [0.5, 0.6) is 5.75 Å². The van der Waals surface area contributed by atoms with Gasteiger partial charge in [0.1, 0.15) is 12.8 Å². The molecule has 0 saturated carbocycles. The molecule has 10 heteroatoms. The lowest BCUT2D eigenvalue weighted by atomic mass is 9.91. The molecule has 2 aromatic heterocycles. The van der Waals surface area contributed by atoms with E-state index in [-0.39, 0.29) is 42.7 Å². The van der Waals surface area contributed by atoms with Crippen LogP contribution in [0.3, 0.4) is 0 Å². The minimum atomic E-state index is -0.955. The first-order chi connectivity index (χ1) is 24.5. The van der Waals surface area contributed by atoms with Crippen LogP contribution < -0.4 is 15.2 Å². The first kappa shape index (κ1) is 30.5. The van der Waals surface area contributed by atoms with E-state index in [1.165, 1.54) is 17.4 Å². The van der Waals surface area contributed by atoms with E-state index in [0.29, 0.717) is 17.7 Å². The Balaban J connectivity index is 1.29. The summed E-state index contributed by atoms with van der Waals surface area (Å²) in [4.78, 5) is 31.2. The molecular formula is C40H29F2N3O4S. The number of aromatic nitrogens is 1. The third-order valence-electron chi connectivity index (χ3n) is 9.63. The lowest BCUT2D eigenvalue weighted by molar-refractivity contribution is -0.0197. The summed E-state index contributed by atoms with van der Waals surface area (Å²) in [5.74, 6) is -2.34. The van der Waals surface area contributed by atoms with Crippen molar-refractivity contribution in [3.05, 3.63) is 160 Å². The molecule has 9 rings (SSSR count). The zero-order chi connectivity index (χ0) is 33.9. The molecule has 2 unspecified atom stereocenters. The maximum Gasteiger partial charge on any atom is 0.278 e. The molecule has 50 heavy (non-hydrogen) atoms. The van der Waals surface area contributed by atoms with E-state index in [2.05, 4.69) is 0 Å². The van der Waals surface area contributed by atoms with Crippen LogP contribution in [0.15, 0.2) is 120 Å². The van der Waals surface area contributed by atoms with E-state index in [4.69, 9.17) is 9.47 Å². The highest BCUT2D eigenvalue weighted by atomic mass is 32.1. The average Bonchev–Trinajstić information content (AvgIpc) is 3.55. The fourth-order valence-electron chi connectivity index (χ4n) is 7.37. The van der Waals surface area contributed by atoms with Gasteiger partial charge in [0, 0.05) is 39.7 Å². The van der Waals surface area contributed by atoms with E-state index in [1.54, 1.807) is 21.8 Å². The summed E-state index contributed by atoms with van der Waals surface area (Å²) in [6, 6.07) is 32.5. The topological polar surface area (TPSA) is 64.0 Å². The summed E-state index contributed by atoms with van der Waals surface area (Å²) in [7, 11) is 0. The zero-order valence-electron chi connectivity index (χ0n) is 26.6. The lowest BCUT2D eigenvalue weighted by Gasteiger charge is -2.51. The van der Waals surface area contributed by atoms with Crippen LogP contribution in [0.2, 0.25) is 0 Å². The SMILES string of the molecule is O=C1c2c(OCc3ccccc3)c(=O)ccn2N(C2c3ccccc3-c3sc(-c4ccccc4)cc3-c3c2ccc(F)c3F)C2COCCN12. The van der Waals surface area contributed by atoms with Gasteiger partial charge in [0.25, 0.3) is 5.91 Å². The van der Waals surface area contributed by atoms with Gasteiger partial charge in [-0.25, -0.2) is 8.78 Å². The Kier molecular flexibility index (Phi) is 7.36. The Morgan fingerprint density at radius 1 is 0.840 bits per heavy atom. The minimum absolute atomic E-state index is 0.0681. The van der Waals surface area contributed by atoms with Crippen LogP contribution in [-0.4, -0.2) is 41.4 Å². The number of nitrogens with zero attached hydrogens (tertiary/aromatic N) is 3. The maximum absolute atomic E-state index is 16.4. The molecule has 7 nitrogen and oxygen atoms in total. The molecule has 6 aromatic rings. The Morgan fingerprint density at radius 2 is 1.60 bits per heavy atom. The van der Waals surface area contributed by atoms with Crippen molar-refractivity contribution >= 4 is 17.2 Å². The Bertz CT molecular complexity index is 2340.